The molecule has 0 bridgehead atoms. The highest BCUT2D eigenvalue weighted by Gasteiger charge is 2.23. The van der Waals surface area contributed by atoms with Crippen molar-refractivity contribution in [3.63, 3.8) is 0 Å². The van der Waals surface area contributed by atoms with Gasteiger partial charge in [-0.2, -0.15) is 0 Å². The molecule has 0 heterocycles. The van der Waals surface area contributed by atoms with Crippen LogP contribution in [-0.4, -0.2) is 47.4 Å². The summed E-state index contributed by atoms with van der Waals surface area (Å²) in [6.07, 6.45) is 2.65. The van der Waals surface area contributed by atoms with Crippen LogP contribution in [0, 0.1) is 0 Å². The zero-order valence-corrected chi connectivity index (χ0v) is 18.0. The molecule has 1 amide bonds. The fraction of sp³-hybridized carbons (Fsp3) is 0.381. The van der Waals surface area contributed by atoms with Gasteiger partial charge < -0.3 is 14.8 Å². The monoisotopic (exact) mass is 420 g/mol. The molecule has 0 saturated heterocycles. The highest BCUT2D eigenvalue weighted by molar-refractivity contribution is 7.92. The minimum Gasteiger partial charge on any atom is -0.493 e. The Morgan fingerprint density at radius 1 is 1.07 bits per heavy atom. The number of ether oxygens (including phenoxy) is 2. The zero-order valence-electron chi connectivity index (χ0n) is 17.2. The third-order valence-corrected chi connectivity index (χ3v) is 5.60. The molecule has 1 atom stereocenters. The predicted octanol–water partition coefficient (Wildman–Crippen LogP) is 2.61. The fourth-order valence-corrected chi connectivity index (χ4v) is 3.78. The molecule has 29 heavy (non-hydrogen) atoms. The van der Waals surface area contributed by atoms with Crippen LogP contribution >= 0.6 is 0 Å². The van der Waals surface area contributed by atoms with Gasteiger partial charge in [-0.25, -0.2) is 8.42 Å². The molecular formula is C21H28N2O5S. The first-order valence-electron chi connectivity index (χ1n) is 9.27. The van der Waals surface area contributed by atoms with Crippen molar-refractivity contribution in [1.82, 2.24) is 5.32 Å². The van der Waals surface area contributed by atoms with E-state index < -0.39 is 10.0 Å². The molecule has 158 valence electrons. The number of aryl methyl sites for hydroxylation is 1. The number of amides is 1. The average Bonchev–Trinajstić information content (AvgIpc) is 2.70. The van der Waals surface area contributed by atoms with Crippen LogP contribution in [0.4, 0.5) is 5.69 Å². The van der Waals surface area contributed by atoms with E-state index in [1.165, 1.54) is 25.8 Å². The third kappa shape index (κ3) is 6.67. The van der Waals surface area contributed by atoms with Crippen LogP contribution in [-0.2, 0) is 21.2 Å². The maximum atomic E-state index is 12.5. The summed E-state index contributed by atoms with van der Waals surface area (Å²) in [4.78, 5) is 12.5. The SMILES string of the molecule is COc1ccc(N(CC(=O)N[C@@H](C)CCc2ccccc2)S(C)(=O)=O)cc1OC. The Kier molecular flexibility index (Phi) is 7.90. The second-order valence-corrected chi connectivity index (χ2v) is 8.71. The predicted molar refractivity (Wildman–Crippen MR) is 114 cm³/mol. The number of carbonyl (C=O) groups excluding carboxylic acids is 1. The summed E-state index contributed by atoms with van der Waals surface area (Å²) in [6, 6.07) is 14.6. The van der Waals surface area contributed by atoms with Gasteiger partial charge in [0, 0.05) is 12.1 Å². The molecule has 2 rings (SSSR count). The normalized spacial score (nSPS) is 12.1. The molecule has 0 saturated carbocycles. The average molecular weight is 421 g/mol. The zero-order chi connectivity index (χ0) is 21.4. The summed E-state index contributed by atoms with van der Waals surface area (Å²) in [5.74, 6) is 0.491. The smallest absolute Gasteiger partial charge is 0.240 e. The molecule has 2 aromatic rings. The van der Waals surface area contributed by atoms with E-state index in [0.717, 1.165) is 23.4 Å². The van der Waals surface area contributed by atoms with Gasteiger partial charge in [-0.05, 0) is 37.5 Å². The van der Waals surface area contributed by atoms with Crippen LogP contribution in [0.3, 0.4) is 0 Å². The van der Waals surface area contributed by atoms with Crippen molar-refractivity contribution in [3.8, 4) is 11.5 Å². The van der Waals surface area contributed by atoms with Gasteiger partial charge in [0.1, 0.15) is 6.54 Å². The van der Waals surface area contributed by atoms with Gasteiger partial charge in [0.2, 0.25) is 15.9 Å². The number of hydrogen-bond acceptors (Lipinski definition) is 5. The quantitative estimate of drug-likeness (QED) is 0.639. The van der Waals surface area contributed by atoms with Crippen molar-refractivity contribution in [2.45, 2.75) is 25.8 Å². The fourth-order valence-electron chi connectivity index (χ4n) is 2.93. The summed E-state index contributed by atoms with van der Waals surface area (Å²) in [6.45, 7) is 1.59. The van der Waals surface area contributed by atoms with Gasteiger partial charge in [-0.3, -0.25) is 9.10 Å². The Morgan fingerprint density at radius 2 is 1.72 bits per heavy atom. The lowest BCUT2D eigenvalue weighted by Gasteiger charge is -2.24. The van der Waals surface area contributed by atoms with Gasteiger partial charge in [-0.1, -0.05) is 30.3 Å². The van der Waals surface area contributed by atoms with Crippen molar-refractivity contribution >= 4 is 21.6 Å². The van der Waals surface area contributed by atoms with Gasteiger partial charge >= 0.3 is 0 Å². The molecule has 8 heteroatoms. The molecule has 0 spiro atoms. The maximum absolute atomic E-state index is 12.5. The molecule has 7 nitrogen and oxygen atoms in total. The highest BCUT2D eigenvalue weighted by Crippen LogP contribution is 2.32. The van der Waals surface area contributed by atoms with E-state index in [9.17, 15) is 13.2 Å². The second kappa shape index (κ2) is 10.2. The van der Waals surface area contributed by atoms with Crippen molar-refractivity contribution in [1.29, 1.82) is 0 Å². The summed E-state index contributed by atoms with van der Waals surface area (Å²) in [5.41, 5.74) is 1.52. The molecule has 0 aromatic heterocycles. The Labute approximate surface area is 172 Å². The molecule has 2 aromatic carbocycles. The molecule has 0 radical (unpaired) electrons. The number of benzene rings is 2. The number of hydrogen-bond donors (Lipinski definition) is 1. The van der Waals surface area contributed by atoms with E-state index >= 15 is 0 Å². The summed E-state index contributed by atoms with van der Waals surface area (Å²) in [5, 5.41) is 2.87. The molecule has 0 aliphatic rings. The Hall–Kier alpha value is -2.74. The maximum Gasteiger partial charge on any atom is 0.240 e. The lowest BCUT2D eigenvalue weighted by molar-refractivity contribution is -0.120. The first-order chi connectivity index (χ1) is 13.7. The van der Waals surface area contributed by atoms with Crippen molar-refractivity contribution in [2.24, 2.45) is 0 Å². The van der Waals surface area contributed by atoms with Crippen LogP contribution in [0.2, 0.25) is 0 Å². The molecule has 1 N–H and O–H groups in total. The molecular weight excluding hydrogens is 392 g/mol. The number of nitrogens with zero attached hydrogens (tertiary/aromatic N) is 1. The summed E-state index contributed by atoms with van der Waals surface area (Å²) >= 11 is 0. The van der Waals surface area contributed by atoms with Crippen LogP contribution in [0.15, 0.2) is 48.5 Å². The number of methoxy groups -OCH3 is 2. The van der Waals surface area contributed by atoms with Crippen LogP contribution in [0.5, 0.6) is 11.5 Å². The van der Waals surface area contributed by atoms with Gasteiger partial charge in [0.25, 0.3) is 0 Å². The highest BCUT2D eigenvalue weighted by atomic mass is 32.2. The van der Waals surface area contributed by atoms with E-state index in [1.54, 1.807) is 12.1 Å². The summed E-state index contributed by atoms with van der Waals surface area (Å²) in [7, 11) is -0.711. The lowest BCUT2D eigenvalue weighted by Crippen LogP contribution is -2.43. The van der Waals surface area contributed by atoms with E-state index in [1.807, 2.05) is 37.3 Å². The largest absolute Gasteiger partial charge is 0.493 e. The third-order valence-electron chi connectivity index (χ3n) is 4.46. The number of rotatable bonds is 10. The Morgan fingerprint density at radius 3 is 2.31 bits per heavy atom. The van der Waals surface area contributed by atoms with Crippen LogP contribution in [0.25, 0.3) is 0 Å². The minimum absolute atomic E-state index is 0.0884. The number of anilines is 1. The number of sulfonamides is 1. The second-order valence-electron chi connectivity index (χ2n) is 6.80. The van der Waals surface area contributed by atoms with Crippen LogP contribution < -0.4 is 19.1 Å². The van der Waals surface area contributed by atoms with E-state index in [4.69, 9.17) is 9.47 Å². The van der Waals surface area contributed by atoms with Crippen molar-refractivity contribution < 1.29 is 22.7 Å². The summed E-state index contributed by atoms with van der Waals surface area (Å²) < 4.78 is 36.1. The van der Waals surface area contributed by atoms with E-state index in [2.05, 4.69) is 5.32 Å². The number of carbonyl (C=O) groups is 1. The standard InChI is InChI=1S/C21H28N2O5S/c1-16(10-11-17-8-6-5-7-9-17)22-21(24)15-23(29(4,25)26)18-12-13-19(27-2)20(14-18)28-3/h5-9,12-14,16H,10-11,15H2,1-4H3,(H,22,24)/t16-/m0/s1. The van der Waals surface area contributed by atoms with Crippen molar-refractivity contribution in [2.75, 3.05) is 31.3 Å². The van der Waals surface area contributed by atoms with Crippen LogP contribution in [0.1, 0.15) is 18.9 Å². The Bertz CT molecular complexity index is 916. The number of nitrogens with one attached hydrogen (secondary N) is 1. The molecule has 0 aliphatic heterocycles. The molecule has 0 aliphatic carbocycles. The molecule has 0 unspecified atom stereocenters. The topological polar surface area (TPSA) is 84.9 Å². The Balaban J connectivity index is 2.05. The minimum atomic E-state index is -3.67. The lowest BCUT2D eigenvalue weighted by atomic mass is 10.1. The van der Waals surface area contributed by atoms with Gasteiger partial charge in [0.05, 0.1) is 26.2 Å². The first kappa shape index (κ1) is 22.5. The van der Waals surface area contributed by atoms with Gasteiger partial charge in [-0.15, -0.1) is 0 Å². The van der Waals surface area contributed by atoms with Crippen molar-refractivity contribution in [3.05, 3.63) is 54.1 Å². The first-order valence-corrected chi connectivity index (χ1v) is 11.1. The van der Waals surface area contributed by atoms with Gasteiger partial charge in [0.15, 0.2) is 11.5 Å². The van der Waals surface area contributed by atoms with E-state index in [0.29, 0.717) is 17.2 Å². The molecule has 0 fully saturated rings. The van der Waals surface area contributed by atoms with E-state index in [-0.39, 0.29) is 18.5 Å².